The van der Waals surface area contributed by atoms with Gasteiger partial charge in [-0.3, -0.25) is 14.5 Å². The Morgan fingerprint density at radius 3 is 2.67 bits per heavy atom. The zero-order valence-electron chi connectivity index (χ0n) is 12.3. The highest BCUT2D eigenvalue weighted by molar-refractivity contribution is 9.10. The molecule has 0 unspecified atom stereocenters. The Kier molecular flexibility index (Phi) is 5.94. The molecule has 1 N–H and O–H groups in total. The Morgan fingerprint density at radius 1 is 1.33 bits per heavy atom. The summed E-state index contributed by atoms with van der Waals surface area (Å²) in [5.41, 5.74) is 0.754. The van der Waals surface area contributed by atoms with Gasteiger partial charge in [0.1, 0.15) is 0 Å². The number of carbonyl (C=O) groups is 2. The predicted molar refractivity (Wildman–Crippen MR) is 86.3 cm³/mol. The molecule has 21 heavy (non-hydrogen) atoms. The number of Topliss-reactive ketones (excluding diaryl/α,β-unsaturated/α-hetero) is 1. The molecular weight excluding hydrogens is 332 g/mol. The van der Waals surface area contributed by atoms with Crippen molar-refractivity contribution in [3.05, 3.63) is 34.3 Å². The fraction of sp³-hybridized carbons (Fsp3) is 0.500. The number of nitrogens with one attached hydrogen (secondary N) is 1. The monoisotopic (exact) mass is 352 g/mol. The lowest BCUT2D eigenvalue weighted by atomic mass is 9.96. The largest absolute Gasteiger partial charge is 0.356 e. The molecule has 1 fully saturated rings. The summed E-state index contributed by atoms with van der Waals surface area (Å²) >= 11 is 3.39. The van der Waals surface area contributed by atoms with Crippen LogP contribution < -0.4 is 5.32 Å². The van der Waals surface area contributed by atoms with Crippen molar-refractivity contribution in [2.45, 2.75) is 19.8 Å². The van der Waals surface area contributed by atoms with Gasteiger partial charge in [0.05, 0.1) is 6.54 Å². The number of piperidine rings is 1. The maximum Gasteiger partial charge on any atom is 0.216 e. The smallest absolute Gasteiger partial charge is 0.216 e. The summed E-state index contributed by atoms with van der Waals surface area (Å²) in [6.07, 6.45) is 2.07. The second-order valence-electron chi connectivity index (χ2n) is 5.59. The van der Waals surface area contributed by atoms with Crippen molar-refractivity contribution in [1.29, 1.82) is 0 Å². The van der Waals surface area contributed by atoms with Gasteiger partial charge in [-0.05, 0) is 44.0 Å². The van der Waals surface area contributed by atoms with Crippen LogP contribution >= 0.6 is 15.9 Å². The number of benzene rings is 1. The zero-order valence-corrected chi connectivity index (χ0v) is 13.9. The van der Waals surface area contributed by atoms with E-state index in [4.69, 9.17) is 0 Å². The SMILES string of the molecule is CC(=O)NCC1CCN(CC(=O)c2cccc(Br)c2)CC1. The summed E-state index contributed by atoms with van der Waals surface area (Å²) in [5, 5.41) is 2.87. The molecule has 0 bridgehead atoms. The summed E-state index contributed by atoms with van der Waals surface area (Å²) < 4.78 is 0.933. The van der Waals surface area contributed by atoms with Crippen LogP contribution in [0.4, 0.5) is 0 Å². The first-order valence-corrected chi connectivity index (χ1v) is 8.09. The number of hydrogen-bond donors (Lipinski definition) is 1. The van der Waals surface area contributed by atoms with Crippen LogP contribution in [0, 0.1) is 5.92 Å². The fourth-order valence-corrected chi connectivity index (χ4v) is 2.99. The van der Waals surface area contributed by atoms with E-state index in [2.05, 4.69) is 26.1 Å². The van der Waals surface area contributed by atoms with Crippen molar-refractivity contribution in [2.75, 3.05) is 26.2 Å². The highest BCUT2D eigenvalue weighted by Gasteiger charge is 2.21. The maximum atomic E-state index is 12.2. The van der Waals surface area contributed by atoms with Gasteiger partial charge in [0, 0.05) is 23.5 Å². The van der Waals surface area contributed by atoms with Gasteiger partial charge in [0.25, 0.3) is 0 Å². The Hall–Kier alpha value is -1.20. The van der Waals surface area contributed by atoms with E-state index < -0.39 is 0 Å². The van der Waals surface area contributed by atoms with E-state index in [-0.39, 0.29) is 11.7 Å². The maximum absolute atomic E-state index is 12.2. The minimum absolute atomic E-state index is 0.0299. The average molecular weight is 353 g/mol. The molecular formula is C16H21BrN2O2. The molecule has 114 valence electrons. The van der Waals surface area contributed by atoms with E-state index in [0.717, 1.165) is 42.5 Å². The number of nitrogens with zero attached hydrogens (tertiary/aromatic N) is 1. The molecule has 1 aromatic rings. The summed E-state index contributed by atoms with van der Waals surface area (Å²) in [7, 11) is 0. The standard InChI is InChI=1S/C16H21BrN2O2/c1-12(20)18-10-13-5-7-19(8-6-13)11-16(21)14-3-2-4-15(17)9-14/h2-4,9,13H,5-8,10-11H2,1H3,(H,18,20). The number of hydrogen-bond acceptors (Lipinski definition) is 3. The van der Waals surface area contributed by atoms with E-state index >= 15 is 0 Å². The van der Waals surface area contributed by atoms with Crippen molar-refractivity contribution >= 4 is 27.6 Å². The van der Waals surface area contributed by atoms with Gasteiger partial charge in [-0.25, -0.2) is 0 Å². The molecule has 2 rings (SSSR count). The van der Waals surface area contributed by atoms with Crippen molar-refractivity contribution in [3.63, 3.8) is 0 Å². The van der Waals surface area contributed by atoms with Crippen LogP contribution in [0.2, 0.25) is 0 Å². The molecule has 1 amide bonds. The van der Waals surface area contributed by atoms with E-state index in [1.807, 2.05) is 24.3 Å². The topological polar surface area (TPSA) is 49.4 Å². The molecule has 0 radical (unpaired) electrons. The molecule has 1 heterocycles. The van der Waals surface area contributed by atoms with E-state index in [1.165, 1.54) is 0 Å². The number of likely N-dealkylation sites (tertiary alicyclic amines) is 1. The van der Waals surface area contributed by atoms with E-state index in [9.17, 15) is 9.59 Å². The molecule has 1 aliphatic heterocycles. The Morgan fingerprint density at radius 2 is 2.05 bits per heavy atom. The Balaban J connectivity index is 1.78. The summed E-state index contributed by atoms with van der Waals surface area (Å²) in [4.78, 5) is 25.4. The van der Waals surface area contributed by atoms with Gasteiger partial charge in [0.2, 0.25) is 5.91 Å². The highest BCUT2D eigenvalue weighted by Crippen LogP contribution is 2.17. The van der Waals surface area contributed by atoms with Gasteiger partial charge in [-0.1, -0.05) is 28.1 Å². The third kappa shape index (κ3) is 5.25. The summed E-state index contributed by atoms with van der Waals surface area (Å²) in [6.45, 7) is 4.62. The van der Waals surface area contributed by atoms with Gasteiger partial charge in [-0.15, -0.1) is 0 Å². The number of carbonyl (C=O) groups excluding carboxylic acids is 2. The molecule has 1 aromatic carbocycles. The molecule has 0 atom stereocenters. The molecule has 5 heteroatoms. The molecule has 1 saturated heterocycles. The third-order valence-corrected chi connectivity index (χ3v) is 4.35. The first-order valence-electron chi connectivity index (χ1n) is 7.30. The first kappa shape index (κ1) is 16.2. The summed E-state index contributed by atoms with van der Waals surface area (Å²) in [6, 6.07) is 7.53. The molecule has 0 spiro atoms. The van der Waals surface area contributed by atoms with Gasteiger partial charge < -0.3 is 5.32 Å². The normalized spacial score (nSPS) is 16.7. The first-order chi connectivity index (χ1) is 10.0. The van der Waals surface area contributed by atoms with E-state index in [0.29, 0.717) is 12.5 Å². The molecule has 1 aliphatic rings. The highest BCUT2D eigenvalue weighted by atomic mass is 79.9. The molecule has 0 saturated carbocycles. The van der Waals surface area contributed by atoms with Crippen molar-refractivity contribution < 1.29 is 9.59 Å². The predicted octanol–water partition coefficient (Wildman–Crippen LogP) is 2.48. The van der Waals surface area contributed by atoms with Crippen molar-refractivity contribution in [2.24, 2.45) is 5.92 Å². The second-order valence-corrected chi connectivity index (χ2v) is 6.51. The molecule has 0 aromatic heterocycles. The van der Waals surface area contributed by atoms with Crippen LogP contribution in [0.25, 0.3) is 0 Å². The number of halogens is 1. The lowest BCUT2D eigenvalue weighted by Gasteiger charge is -2.31. The Labute approximate surface area is 134 Å². The van der Waals surface area contributed by atoms with Crippen molar-refractivity contribution in [3.8, 4) is 0 Å². The lowest BCUT2D eigenvalue weighted by Crippen LogP contribution is -2.40. The van der Waals surface area contributed by atoms with Crippen LogP contribution in [0.5, 0.6) is 0 Å². The second kappa shape index (κ2) is 7.71. The zero-order chi connectivity index (χ0) is 15.2. The van der Waals surface area contributed by atoms with Gasteiger partial charge >= 0.3 is 0 Å². The lowest BCUT2D eigenvalue weighted by molar-refractivity contribution is -0.119. The van der Waals surface area contributed by atoms with E-state index in [1.54, 1.807) is 6.92 Å². The minimum atomic E-state index is 0.0299. The number of rotatable bonds is 5. The minimum Gasteiger partial charge on any atom is -0.356 e. The quantitative estimate of drug-likeness (QED) is 0.828. The van der Waals surface area contributed by atoms with Crippen LogP contribution in [0.3, 0.4) is 0 Å². The van der Waals surface area contributed by atoms with Gasteiger partial charge in [0.15, 0.2) is 5.78 Å². The molecule has 0 aliphatic carbocycles. The van der Waals surface area contributed by atoms with Crippen LogP contribution in [-0.4, -0.2) is 42.8 Å². The van der Waals surface area contributed by atoms with Gasteiger partial charge in [-0.2, -0.15) is 0 Å². The third-order valence-electron chi connectivity index (χ3n) is 3.86. The van der Waals surface area contributed by atoms with Crippen LogP contribution in [0.1, 0.15) is 30.1 Å². The van der Waals surface area contributed by atoms with Crippen molar-refractivity contribution in [1.82, 2.24) is 10.2 Å². The van der Waals surface area contributed by atoms with Crippen LogP contribution in [-0.2, 0) is 4.79 Å². The summed E-state index contributed by atoms with van der Waals surface area (Å²) in [5.74, 6) is 0.727. The number of ketones is 1. The fourth-order valence-electron chi connectivity index (χ4n) is 2.59. The average Bonchev–Trinajstić information content (AvgIpc) is 2.46. The van der Waals surface area contributed by atoms with Crippen LogP contribution in [0.15, 0.2) is 28.7 Å². The number of amides is 1. The Bertz CT molecular complexity index is 511. The molecule has 4 nitrogen and oxygen atoms in total.